The Morgan fingerprint density at radius 1 is 1.04 bits per heavy atom. The first-order chi connectivity index (χ1) is 13.2. The van der Waals surface area contributed by atoms with E-state index < -0.39 is 17.6 Å². The van der Waals surface area contributed by atoms with Crippen molar-refractivity contribution in [2.75, 3.05) is 20.3 Å². The molecule has 2 amide bonds. The minimum Gasteiger partial charge on any atom is -0.497 e. The number of ether oxygens (including phenoxy) is 3. The Kier molecular flexibility index (Phi) is 6.87. The topological polar surface area (TPSA) is 99.9 Å². The molecule has 0 unspecified atom stereocenters. The maximum atomic E-state index is 11.7. The molecule has 2 aromatic carbocycles. The van der Waals surface area contributed by atoms with Crippen molar-refractivity contribution in [3.63, 3.8) is 0 Å². The molecule has 0 heterocycles. The lowest BCUT2D eigenvalue weighted by atomic mass is 10.0. The van der Waals surface area contributed by atoms with Gasteiger partial charge in [0.25, 0.3) is 0 Å². The minimum atomic E-state index is -0.563. The third-order valence-electron chi connectivity index (χ3n) is 3.63. The van der Waals surface area contributed by atoms with Gasteiger partial charge in [-0.3, -0.25) is 4.79 Å². The third-order valence-corrected chi connectivity index (χ3v) is 3.63. The molecule has 0 bridgehead atoms. The van der Waals surface area contributed by atoms with E-state index in [1.165, 1.54) is 0 Å². The predicted molar refractivity (Wildman–Crippen MR) is 107 cm³/mol. The van der Waals surface area contributed by atoms with Crippen LogP contribution < -0.4 is 20.5 Å². The highest BCUT2D eigenvalue weighted by Crippen LogP contribution is 2.28. The molecule has 150 valence electrons. The molecular formula is C21H26N2O5. The number of rotatable bonds is 7. The highest BCUT2D eigenvalue weighted by molar-refractivity contribution is 5.94. The van der Waals surface area contributed by atoms with Gasteiger partial charge in [0.15, 0.2) is 0 Å². The van der Waals surface area contributed by atoms with Crippen LogP contribution in [0.2, 0.25) is 0 Å². The number of benzene rings is 2. The smallest absolute Gasteiger partial charge is 0.407 e. The Bertz CT molecular complexity index is 843. The Morgan fingerprint density at radius 2 is 1.75 bits per heavy atom. The maximum Gasteiger partial charge on any atom is 0.407 e. The Balaban J connectivity index is 2.08. The van der Waals surface area contributed by atoms with Gasteiger partial charge in [-0.05, 0) is 62.2 Å². The zero-order valence-corrected chi connectivity index (χ0v) is 16.6. The van der Waals surface area contributed by atoms with E-state index in [1.807, 2.05) is 24.3 Å². The van der Waals surface area contributed by atoms with Gasteiger partial charge >= 0.3 is 6.09 Å². The second-order valence-corrected chi connectivity index (χ2v) is 7.12. The molecule has 0 aliphatic carbocycles. The number of alkyl carbamates (subject to hydrolysis) is 1. The molecular weight excluding hydrogens is 360 g/mol. The first-order valence-corrected chi connectivity index (χ1v) is 8.87. The van der Waals surface area contributed by atoms with Gasteiger partial charge in [-0.25, -0.2) is 4.79 Å². The lowest BCUT2D eigenvalue weighted by molar-refractivity contribution is 0.0520. The molecule has 0 atom stereocenters. The highest BCUT2D eigenvalue weighted by Gasteiger charge is 2.15. The van der Waals surface area contributed by atoms with E-state index >= 15 is 0 Å². The summed E-state index contributed by atoms with van der Waals surface area (Å²) in [5, 5.41) is 2.61. The first-order valence-electron chi connectivity index (χ1n) is 8.87. The van der Waals surface area contributed by atoms with Crippen molar-refractivity contribution >= 4 is 12.0 Å². The quantitative estimate of drug-likeness (QED) is 0.711. The number of nitrogens with one attached hydrogen (secondary N) is 1. The van der Waals surface area contributed by atoms with E-state index in [0.29, 0.717) is 17.1 Å². The summed E-state index contributed by atoms with van der Waals surface area (Å²) in [5.41, 5.74) is 6.84. The molecule has 7 heteroatoms. The van der Waals surface area contributed by atoms with Crippen molar-refractivity contribution in [1.82, 2.24) is 5.32 Å². The van der Waals surface area contributed by atoms with Crippen molar-refractivity contribution in [1.29, 1.82) is 0 Å². The molecule has 7 nitrogen and oxygen atoms in total. The number of hydrogen-bond donors (Lipinski definition) is 2. The summed E-state index contributed by atoms with van der Waals surface area (Å²) in [6.45, 7) is 5.83. The molecule has 2 rings (SSSR count). The lowest BCUT2D eigenvalue weighted by Gasteiger charge is -2.19. The summed E-state index contributed by atoms with van der Waals surface area (Å²) < 4.78 is 16.1. The van der Waals surface area contributed by atoms with Crippen LogP contribution in [0.25, 0.3) is 11.1 Å². The number of carbonyl (C=O) groups is 2. The highest BCUT2D eigenvalue weighted by atomic mass is 16.6. The normalized spacial score (nSPS) is 10.9. The van der Waals surface area contributed by atoms with E-state index in [9.17, 15) is 9.59 Å². The van der Waals surface area contributed by atoms with Crippen molar-refractivity contribution < 1.29 is 23.8 Å². The van der Waals surface area contributed by atoms with Gasteiger partial charge in [0.2, 0.25) is 5.91 Å². The van der Waals surface area contributed by atoms with Crippen LogP contribution in [-0.4, -0.2) is 37.9 Å². The first kappa shape index (κ1) is 21.1. The second-order valence-electron chi connectivity index (χ2n) is 7.12. The molecule has 3 N–H and O–H groups in total. The molecule has 0 spiro atoms. The van der Waals surface area contributed by atoms with Crippen LogP contribution in [-0.2, 0) is 4.74 Å². The van der Waals surface area contributed by atoms with Gasteiger partial charge in [0.1, 0.15) is 23.7 Å². The van der Waals surface area contributed by atoms with E-state index in [2.05, 4.69) is 5.32 Å². The SMILES string of the molecule is COc1cccc(-c2cc(OCCNC(=O)OC(C)(C)C)cc(C(N)=O)c2)c1. The summed E-state index contributed by atoms with van der Waals surface area (Å²) in [6, 6.07) is 12.5. The monoisotopic (exact) mass is 386 g/mol. The second kappa shape index (κ2) is 9.12. The minimum absolute atomic E-state index is 0.207. The summed E-state index contributed by atoms with van der Waals surface area (Å²) >= 11 is 0. The zero-order valence-electron chi connectivity index (χ0n) is 16.6. The molecule has 2 aromatic rings. The number of methoxy groups -OCH3 is 1. The summed E-state index contributed by atoms with van der Waals surface area (Å²) in [4.78, 5) is 23.3. The zero-order chi connectivity index (χ0) is 20.7. The number of amides is 2. The molecule has 0 saturated carbocycles. The van der Waals surface area contributed by atoms with Gasteiger partial charge in [0, 0.05) is 5.56 Å². The molecule has 0 aliphatic rings. The largest absolute Gasteiger partial charge is 0.497 e. The Hall–Kier alpha value is -3.22. The van der Waals surface area contributed by atoms with E-state index in [1.54, 1.807) is 46.1 Å². The summed E-state index contributed by atoms with van der Waals surface area (Å²) in [7, 11) is 1.59. The van der Waals surface area contributed by atoms with Crippen LogP contribution in [0.3, 0.4) is 0 Å². The fourth-order valence-electron chi connectivity index (χ4n) is 2.43. The van der Waals surface area contributed by atoms with Gasteiger partial charge in [0.05, 0.1) is 13.7 Å². The van der Waals surface area contributed by atoms with Crippen molar-refractivity contribution in [2.24, 2.45) is 5.73 Å². The van der Waals surface area contributed by atoms with Crippen LogP contribution in [0.15, 0.2) is 42.5 Å². The van der Waals surface area contributed by atoms with Crippen molar-refractivity contribution in [2.45, 2.75) is 26.4 Å². The molecule has 0 aliphatic heterocycles. The van der Waals surface area contributed by atoms with Gasteiger partial charge in [-0.1, -0.05) is 12.1 Å². The lowest BCUT2D eigenvalue weighted by Crippen LogP contribution is -2.34. The van der Waals surface area contributed by atoms with Gasteiger partial charge in [-0.2, -0.15) is 0 Å². The average molecular weight is 386 g/mol. The van der Waals surface area contributed by atoms with Crippen molar-refractivity contribution in [3.05, 3.63) is 48.0 Å². The fraction of sp³-hybridized carbons (Fsp3) is 0.333. The summed E-state index contributed by atoms with van der Waals surface area (Å²) in [5.74, 6) is 0.618. The molecule has 0 radical (unpaired) electrons. The molecule has 0 aromatic heterocycles. The number of nitrogens with two attached hydrogens (primary N) is 1. The van der Waals surface area contributed by atoms with Crippen LogP contribution in [0, 0.1) is 0 Å². The fourth-order valence-corrected chi connectivity index (χ4v) is 2.43. The van der Waals surface area contributed by atoms with Crippen molar-refractivity contribution in [3.8, 4) is 22.6 Å². The third kappa shape index (κ3) is 6.50. The Morgan fingerprint density at radius 3 is 2.39 bits per heavy atom. The maximum absolute atomic E-state index is 11.7. The van der Waals surface area contributed by atoms with Gasteiger partial charge < -0.3 is 25.3 Å². The van der Waals surface area contributed by atoms with E-state index in [4.69, 9.17) is 19.9 Å². The number of primary amides is 1. The molecule has 0 fully saturated rings. The van der Waals surface area contributed by atoms with Crippen LogP contribution in [0.1, 0.15) is 31.1 Å². The standard InChI is InChI=1S/C21H26N2O5/c1-21(2,3)28-20(25)23-8-9-27-18-12-15(10-16(13-18)19(22)24)14-6-5-7-17(11-14)26-4/h5-7,10-13H,8-9H2,1-4H3,(H2,22,24)(H,23,25). The van der Waals surface area contributed by atoms with E-state index in [-0.39, 0.29) is 13.2 Å². The summed E-state index contributed by atoms with van der Waals surface area (Å²) in [6.07, 6.45) is -0.515. The average Bonchev–Trinajstić information content (AvgIpc) is 2.63. The van der Waals surface area contributed by atoms with E-state index in [0.717, 1.165) is 11.1 Å². The molecule has 28 heavy (non-hydrogen) atoms. The Labute approximate surface area is 164 Å². The molecule has 0 saturated heterocycles. The number of hydrogen-bond acceptors (Lipinski definition) is 5. The van der Waals surface area contributed by atoms with Crippen LogP contribution in [0.4, 0.5) is 4.79 Å². The van der Waals surface area contributed by atoms with Crippen LogP contribution in [0.5, 0.6) is 11.5 Å². The van der Waals surface area contributed by atoms with Gasteiger partial charge in [-0.15, -0.1) is 0 Å². The number of carbonyl (C=O) groups excluding carboxylic acids is 2. The van der Waals surface area contributed by atoms with Crippen LogP contribution >= 0.6 is 0 Å². The predicted octanol–water partition coefficient (Wildman–Crippen LogP) is 3.36.